The van der Waals surface area contributed by atoms with Gasteiger partial charge in [-0.05, 0) is 68.6 Å². The highest BCUT2D eigenvalue weighted by molar-refractivity contribution is 9.13. The molecule has 1 N–H and O–H groups in total. The molecule has 1 nitrogen and oxygen atoms in total. The van der Waals surface area contributed by atoms with E-state index in [1.807, 2.05) is 12.1 Å². The van der Waals surface area contributed by atoms with Crippen molar-refractivity contribution in [3.8, 4) is 0 Å². The van der Waals surface area contributed by atoms with Gasteiger partial charge in [-0.25, -0.2) is 0 Å². The maximum absolute atomic E-state index is 6.36. The number of benzene rings is 1. The van der Waals surface area contributed by atoms with Gasteiger partial charge in [0.05, 0.1) is 9.83 Å². The van der Waals surface area contributed by atoms with E-state index in [4.69, 9.17) is 23.2 Å². The van der Waals surface area contributed by atoms with E-state index in [0.717, 1.165) is 26.8 Å². The lowest BCUT2D eigenvalue weighted by Crippen LogP contribution is -2.22. The zero-order valence-electron chi connectivity index (χ0n) is 10.7. The molecule has 0 bridgehead atoms. The van der Waals surface area contributed by atoms with Gasteiger partial charge in [-0.15, -0.1) is 11.3 Å². The van der Waals surface area contributed by atoms with Crippen LogP contribution in [0.15, 0.2) is 32.5 Å². The van der Waals surface area contributed by atoms with Gasteiger partial charge in [0.1, 0.15) is 0 Å². The summed E-state index contributed by atoms with van der Waals surface area (Å²) in [6.45, 7) is 3.07. The Morgan fingerprint density at radius 1 is 1.25 bits per heavy atom. The summed E-state index contributed by atoms with van der Waals surface area (Å²) in [4.78, 5) is 1.21. The molecular formula is C14H13Br2Cl2NS. The summed E-state index contributed by atoms with van der Waals surface area (Å²) < 4.78 is 2.15. The molecule has 0 aliphatic carbocycles. The molecule has 0 saturated carbocycles. The Balaban J connectivity index is 2.41. The number of hydrogen-bond donors (Lipinski definition) is 1. The molecule has 0 saturated heterocycles. The van der Waals surface area contributed by atoms with Gasteiger partial charge in [0, 0.05) is 19.4 Å². The summed E-state index contributed by atoms with van der Waals surface area (Å²) >= 11 is 21.1. The molecule has 6 heteroatoms. The fraction of sp³-hybridized carbons (Fsp3) is 0.286. The second-order valence-corrected chi connectivity index (χ2v) is 8.42. The number of halogens is 4. The molecule has 0 spiro atoms. The van der Waals surface area contributed by atoms with Crippen LogP contribution in [0.25, 0.3) is 0 Å². The summed E-state index contributed by atoms with van der Waals surface area (Å²) in [5.41, 5.74) is 1.05. The van der Waals surface area contributed by atoms with Crippen LogP contribution in [0.4, 0.5) is 0 Å². The molecule has 2 aromatic rings. The van der Waals surface area contributed by atoms with E-state index < -0.39 is 0 Å². The van der Waals surface area contributed by atoms with Crippen LogP contribution in [0, 0.1) is 0 Å². The van der Waals surface area contributed by atoms with Crippen LogP contribution in [0.2, 0.25) is 10.0 Å². The first-order valence-corrected chi connectivity index (χ1v) is 9.31. The van der Waals surface area contributed by atoms with Gasteiger partial charge in [0.25, 0.3) is 0 Å². The monoisotopic (exact) mass is 455 g/mol. The number of hydrogen-bond acceptors (Lipinski definition) is 2. The summed E-state index contributed by atoms with van der Waals surface area (Å²) in [7, 11) is 0. The highest BCUT2D eigenvalue weighted by atomic mass is 79.9. The first-order valence-electron chi connectivity index (χ1n) is 6.16. The van der Waals surface area contributed by atoms with E-state index in [0.29, 0.717) is 10.0 Å². The molecule has 20 heavy (non-hydrogen) atoms. The number of nitrogens with one attached hydrogen (secondary N) is 1. The van der Waals surface area contributed by atoms with Crippen molar-refractivity contribution in [2.45, 2.75) is 19.4 Å². The molecular weight excluding hydrogens is 445 g/mol. The summed E-state index contributed by atoms with van der Waals surface area (Å²) in [6, 6.07) is 7.84. The Kier molecular flexibility index (Phi) is 6.39. The Morgan fingerprint density at radius 3 is 2.55 bits per heavy atom. The van der Waals surface area contributed by atoms with Crippen molar-refractivity contribution in [1.82, 2.24) is 5.32 Å². The van der Waals surface area contributed by atoms with E-state index >= 15 is 0 Å². The Bertz CT molecular complexity index is 581. The van der Waals surface area contributed by atoms with E-state index in [-0.39, 0.29) is 6.04 Å². The summed E-state index contributed by atoms with van der Waals surface area (Å²) in [6.07, 6.45) is 1.06. The largest absolute Gasteiger partial charge is 0.306 e. The minimum atomic E-state index is 0.0762. The van der Waals surface area contributed by atoms with E-state index in [1.165, 1.54) is 4.88 Å². The van der Waals surface area contributed by atoms with Crippen LogP contribution in [0.5, 0.6) is 0 Å². The lowest BCUT2D eigenvalue weighted by molar-refractivity contribution is 0.606. The van der Waals surface area contributed by atoms with Gasteiger partial charge in [0.15, 0.2) is 0 Å². The number of thiophene rings is 1. The predicted octanol–water partition coefficient (Wildman–Crippen LogP) is 6.67. The highest BCUT2D eigenvalue weighted by Crippen LogP contribution is 2.39. The molecule has 2 rings (SSSR count). The third-order valence-electron chi connectivity index (χ3n) is 2.82. The fourth-order valence-electron chi connectivity index (χ4n) is 1.89. The SMILES string of the molecule is CCCNC(c1cc(Br)c(Br)s1)c1ccc(Cl)cc1Cl. The third kappa shape index (κ3) is 3.99. The second-order valence-electron chi connectivity index (χ2n) is 4.32. The van der Waals surface area contributed by atoms with E-state index in [9.17, 15) is 0 Å². The molecule has 1 aromatic carbocycles. The molecule has 0 aliphatic rings. The average molecular weight is 458 g/mol. The molecule has 1 atom stereocenters. The molecule has 1 aromatic heterocycles. The van der Waals surface area contributed by atoms with Crippen LogP contribution in [-0.4, -0.2) is 6.54 Å². The fourth-order valence-corrected chi connectivity index (χ4v) is 4.60. The first kappa shape index (κ1) is 16.8. The van der Waals surface area contributed by atoms with E-state index in [2.05, 4.69) is 50.2 Å². The van der Waals surface area contributed by atoms with Crippen molar-refractivity contribution < 1.29 is 0 Å². The molecule has 0 fully saturated rings. The number of rotatable bonds is 5. The third-order valence-corrected chi connectivity index (χ3v) is 6.70. The zero-order valence-corrected chi connectivity index (χ0v) is 16.2. The van der Waals surface area contributed by atoms with Crippen molar-refractivity contribution in [3.05, 3.63) is 53.0 Å². The van der Waals surface area contributed by atoms with E-state index in [1.54, 1.807) is 17.4 Å². The van der Waals surface area contributed by atoms with Crippen LogP contribution in [-0.2, 0) is 0 Å². The van der Waals surface area contributed by atoms with Crippen molar-refractivity contribution in [2.75, 3.05) is 6.54 Å². The van der Waals surface area contributed by atoms with Crippen molar-refractivity contribution in [2.24, 2.45) is 0 Å². The smallest absolute Gasteiger partial charge is 0.0843 e. The molecule has 1 heterocycles. The Hall–Kier alpha value is 0.420. The van der Waals surface area contributed by atoms with Crippen LogP contribution >= 0.6 is 66.4 Å². The second kappa shape index (κ2) is 7.61. The molecule has 108 valence electrons. The maximum atomic E-state index is 6.36. The Labute approximate surface area is 149 Å². The van der Waals surface area contributed by atoms with Gasteiger partial charge in [0.2, 0.25) is 0 Å². The molecule has 0 aliphatic heterocycles. The van der Waals surface area contributed by atoms with Crippen LogP contribution in [0.1, 0.15) is 29.8 Å². The van der Waals surface area contributed by atoms with Crippen LogP contribution in [0.3, 0.4) is 0 Å². The minimum absolute atomic E-state index is 0.0762. The van der Waals surface area contributed by atoms with Crippen molar-refractivity contribution in [3.63, 3.8) is 0 Å². The lowest BCUT2D eigenvalue weighted by atomic mass is 10.1. The molecule has 0 amide bonds. The van der Waals surface area contributed by atoms with Gasteiger partial charge < -0.3 is 5.32 Å². The van der Waals surface area contributed by atoms with Gasteiger partial charge >= 0.3 is 0 Å². The molecule has 1 unspecified atom stereocenters. The first-order chi connectivity index (χ1) is 9.52. The zero-order chi connectivity index (χ0) is 14.7. The van der Waals surface area contributed by atoms with Gasteiger partial charge in [-0.2, -0.15) is 0 Å². The maximum Gasteiger partial charge on any atom is 0.0843 e. The average Bonchev–Trinajstić information content (AvgIpc) is 2.72. The van der Waals surface area contributed by atoms with Crippen molar-refractivity contribution >= 4 is 66.4 Å². The predicted molar refractivity (Wildman–Crippen MR) is 96.3 cm³/mol. The van der Waals surface area contributed by atoms with Crippen LogP contribution < -0.4 is 5.32 Å². The van der Waals surface area contributed by atoms with Crippen molar-refractivity contribution in [1.29, 1.82) is 0 Å². The quantitative estimate of drug-likeness (QED) is 0.528. The molecule has 0 radical (unpaired) electrons. The summed E-state index contributed by atoms with van der Waals surface area (Å²) in [5, 5.41) is 4.89. The Morgan fingerprint density at radius 2 is 2.00 bits per heavy atom. The lowest BCUT2D eigenvalue weighted by Gasteiger charge is -2.19. The highest BCUT2D eigenvalue weighted by Gasteiger charge is 2.19. The normalized spacial score (nSPS) is 12.7. The minimum Gasteiger partial charge on any atom is -0.306 e. The standard InChI is InChI=1S/C14H13Br2Cl2NS/c1-2-5-19-13(12-7-10(15)14(16)20-12)9-4-3-8(17)6-11(9)18/h3-4,6-7,13,19H,2,5H2,1H3. The summed E-state index contributed by atoms with van der Waals surface area (Å²) in [5.74, 6) is 0. The topological polar surface area (TPSA) is 12.0 Å². The van der Waals surface area contributed by atoms with Gasteiger partial charge in [-0.1, -0.05) is 36.2 Å². The van der Waals surface area contributed by atoms with Gasteiger partial charge in [-0.3, -0.25) is 0 Å².